The van der Waals surface area contributed by atoms with E-state index in [4.69, 9.17) is 9.47 Å². The zero-order chi connectivity index (χ0) is 26.8. The second kappa shape index (κ2) is 12.1. The van der Waals surface area contributed by atoms with Gasteiger partial charge in [-0.15, -0.1) is 12.4 Å². The summed E-state index contributed by atoms with van der Waals surface area (Å²) in [6, 6.07) is 11.5. The molecule has 1 unspecified atom stereocenters. The maximum Gasteiger partial charge on any atom is 0.416 e. The molecule has 2 saturated heterocycles. The number of hydrogen-bond acceptors (Lipinski definition) is 4. The molecule has 2 aromatic carbocycles. The number of hydrogen-bond donors (Lipinski definition) is 2. The second-order valence-corrected chi connectivity index (χ2v) is 9.88. The number of fused-ring (bicyclic) bond motifs is 2. The molecule has 2 heterocycles. The van der Waals surface area contributed by atoms with Gasteiger partial charge in [-0.05, 0) is 60.9 Å². The van der Waals surface area contributed by atoms with Crippen LogP contribution in [-0.4, -0.2) is 32.0 Å². The number of alkyl halides is 6. The van der Waals surface area contributed by atoms with E-state index in [0.29, 0.717) is 13.0 Å². The van der Waals surface area contributed by atoms with E-state index in [1.54, 1.807) is 7.11 Å². The third-order valence-electron chi connectivity index (χ3n) is 7.54. The maximum atomic E-state index is 13.3. The molecular formula is C27H33ClF6N2O2. The zero-order valence-electron chi connectivity index (χ0n) is 21.2. The van der Waals surface area contributed by atoms with Crippen molar-refractivity contribution >= 4 is 12.4 Å². The van der Waals surface area contributed by atoms with Crippen LogP contribution in [0.1, 0.15) is 54.9 Å². The van der Waals surface area contributed by atoms with Crippen molar-refractivity contribution in [2.45, 2.75) is 75.5 Å². The van der Waals surface area contributed by atoms with Gasteiger partial charge in [-0.3, -0.25) is 5.32 Å². The van der Waals surface area contributed by atoms with Crippen molar-refractivity contribution in [3.63, 3.8) is 0 Å². The smallest absolute Gasteiger partial charge is 0.371 e. The average molecular weight is 567 g/mol. The van der Waals surface area contributed by atoms with Crippen LogP contribution in [0.4, 0.5) is 26.3 Å². The van der Waals surface area contributed by atoms with Gasteiger partial charge in [0.05, 0.1) is 29.4 Å². The van der Waals surface area contributed by atoms with Crippen LogP contribution in [0.5, 0.6) is 0 Å². The highest BCUT2D eigenvalue weighted by molar-refractivity contribution is 5.85. The van der Waals surface area contributed by atoms with Gasteiger partial charge in [0.15, 0.2) is 0 Å². The summed E-state index contributed by atoms with van der Waals surface area (Å²) in [5.41, 5.74) is -2.44. The van der Waals surface area contributed by atoms with E-state index in [-0.39, 0.29) is 48.8 Å². The molecule has 2 bridgehead atoms. The Balaban J connectivity index is 0.00000400. The highest BCUT2D eigenvalue weighted by Crippen LogP contribution is 2.47. The van der Waals surface area contributed by atoms with Crippen LogP contribution < -0.4 is 10.6 Å². The van der Waals surface area contributed by atoms with Crippen molar-refractivity contribution in [1.82, 2.24) is 10.6 Å². The Kier molecular flexibility index (Phi) is 9.79. The lowest BCUT2D eigenvalue weighted by Crippen LogP contribution is -2.54. The summed E-state index contributed by atoms with van der Waals surface area (Å²) in [6.07, 6.45) is -7.34. The standard InChI is InChI=1S/C27H32F6N2O2.ClH/c1-3-24(36-2)34-15-18-14-25(19-7-5-4-6-8-19)23(10-9-22(18)35-25)37-16-17-11-20(26(28,29)30)13-21(12-17)27(31,32)33;/h4-8,11-13,18,22-24,34-35H,3,9-10,14-16H2,1-2H3;1H/t18-,22+,23-,24?,25-;/m1./s1. The largest absolute Gasteiger partial charge is 0.416 e. The molecule has 0 aliphatic carbocycles. The van der Waals surface area contributed by atoms with E-state index < -0.39 is 35.1 Å². The van der Waals surface area contributed by atoms with Gasteiger partial charge in [0.1, 0.15) is 6.23 Å². The molecule has 0 radical (unpaired) electrons. The Bertz CT molecular complexity index is 1020. The van der Waals surface area contributed by atoms with Crippen LogP contribution in [-0.2, 0) is 34.0 Å². The molecule has 4 nitrogen and oxygen atoms in total. The first kappa shape index (κ1) is 30.7. The van der Waals surface area contributed by atoms with Crippen molar-refractivity contribution in [1.29, 1.82) is 0 Å². The molecule has 0 aromatic heterocycles. The summed E-state index contributed by atoms with van der Waals surface area (Å²) in [6.45, 7) is 2.39. The SMILES string of the molecule is CCC(NC[C@H]1C[C@]2(c3ccccc3)N[C@H]1CC[C@H]2OCc1cc(C(F)(F)F)cc(C(F)(F)F)c1)OC.Cl. The number of rotatable bonds is 9. The fourth-order valence-corrected chi connectivity index (χ4v) is 5.71. The molecule has 2 fully saturated rings. The zero-order valence-corrected chi connectivity index (χ0v) is 22.0. The lowest BCUT2D eigenvalue weighted by Gasteiger charge is -2.42. The third kappa shape index (κ3) is 6.65. The molecule has 2 aliphatic heterocycles. The molecule has 5 atom stereocenters. The van der Waals surface area contributed by atoms with Gasteiger partial charge >= 0.3 is 12.4 Å². The number of ether oxygens (including phenoxy) is 2. The number of piperidine rings is 1. The van der Waals surface area contributed by atoms with Gasteiger partial charge in [0.25, 0.3) is 0 Å². The quantitative estimate of drug-likeness (QED) is 0.263. The number of nitrogens with one attached hydrogen (secondary N) is 2. The predicted octanol–water partition coefficient (Wildman–Crippen LogP) is 6.67. The summed E-state index contributed by atoms with van der Waals surface area (Å²) >= 11 is 0. The summed E-state index contributed by atoms with van der Waals surface area (Å²) in [5.74, 6) is 0.253. The Morgan fingerprint density at radius 3 is 2.18 bits per heavy atom. The number of halogens is 7. The summed E-state index contributed by atoms with van der Waals surface area (Å²) in [4.78, 5) is 0. The molecule has 0 spiro atoms. The first-order chi connectivity index (χ1) is 17.5. The van der Waals surface area contributed by atoms with Crippen molar-refractivity contribution in [3.8, 4) is 0 Å². The Morgan fingerprint density at radius 2 is 1.63 bits per heavy atom. The monoisotopic (exact) mass is 566 g/mol. The topological polar surface area (TPSA) is 42.5 Å². The summed E-state index contributed by atoms with van der Waals surface area (Å²) < 4.78 is 91.6. The summed E-state index contributed by atoms with van der Waals surface area (Å²) in [7, 11) is 1.65. The first-order valence-electron chi connectivity index (χ1n) is 12.5. The fraction of sp³-hybridized carbons (Fsp3) is 0.556. The van der Waals surface area contributed by atoms with Crippen molar-refractivity contribution in [3.05, 3.63) is 70.8 Å². The molecule has 212 valence electrons. The van der Waals surface area contributed by atoms with Gasteiger partial charge in [0, 0.05) is 19.7 Å². The van der Waals surface area contributed by atoms with Gasteiger partial charge < -0.3 is 14.8 Å². The highest BCUT2D eigenvalue weighted by Gasteiger charge is 2.54. The predicted molar refractivity (Wildman–Crippen MR) is 134 cm³/mol. The van der Waals surface area contributed by atoms with Gasteiger partial charge in [0.2, 0.25) is 0 Å². The maximum absolute atomic E-state index is 13.3. The van der Waals surface area contributed by atoms with Crippen LogP contribution in [0.25, 0.3) is 0 Å². The molecular weight excluding hydrogens is 534 g/mol. The van der Waals surface area contributed by atoms with Crippen molar-refractivity contribution < 1.29 is 35.8 Å². The lowest BCUT2D eigenvalue weighted by atomic mass is 9.80. The minimum absolute atomic E-state index is 0. The van der Waals surface area contributed by atoms with Crippen LogP contribution in [0.2, 0.25) is 0 Å². The Hall–Kier alpha value is -1.85. The first-order valence-corrected chi connectivity index (χ1v) is 12.5. The Labute approximate surface area is 224 Å². The van der Waals surface area contributed by atoms with Crippen LogP contribution in [0, 0.1) is 5.92 Å². The van der Waals surface area contributed by atoms with Crippen LogP contribution in [0.15, 0.2) is 48.5 Å². The van der Waals surface area contributed by atoms with Crippen LogP contribution >= 0.6 is 12.4 Å². The molecule has 2 aliphatic rings. The van der Waals surface area contributed by atoms with E-state index in [1.807, 2.05) is 37.3 Å². The minimum Gasteiger partial charge on any atom is -0.371 e. The summed E-state index contributed by atoms with van der Waals surface area (Å²) in [5, 5.41) is 7.16. The molecule has 2 aromatic rings. The molecule has 2 N–H and O–H groups in total. The fourth-order valence-electron chi connectivity index (χ4n) is 5.71. The van der Waals surface area contributed by atoms with Gasteiger partial charge in [-0.2, -0.15) is 26.3 Å². The molecule has 38 heavy (non-hydrogen) atoms. The normalized spacial score (nSPS) is 26.2. The third-order valence-corrected chi connectivity index (χ3v) is 7.54. The van der Waals surface area contributed by atoms with E-state index >= 15 is 0 Å². The van der Waals surface area contributed by atoms with E-state index in [1.165, 1.54) is 0 Å². The van der Waals surface area contributed by atoms with Gasteiger partial charge in [-0.1, -0.05) is 37.3 Å². The average Bonchev–Trinajstić information content (AvgIpc) is 3.16. The van der Waals surface area contributed by atoms with Crippen LogP contribution in [0.3, 0.4) is 0 Å². The lowest BCUT2D eigenvalue weighted by molar-refractivity contribution is -0.143. The molecule has 0 saturated carbocycles. The minimum atomic E-state index is -4.90. The van der Waals surface area contributed by atoms with Crippen molar-refractivity contribution in [2.24, 2.45) is 5.92 Å². The van der Waals surface area contributed by atoms with E-state index in [0.717, 1.165) is 37.0 Å². The molecule has 11 heteroatoms. The second-order valence-electron chi connectivity index (χ2n) is 9.88. The van der Waals surface area contributed by atoms with E-state index in [9.17, 15) is 26.3 Å². The van der Waals surface area contributed by atoms with Crippen molar-refractivity contribution in [2.75, 3.05) is 13.7 Å². The number of methoxy groups -OCH3 is 1. The highest BCUT2D eigenvalue weighted by atomic mass is 35.5. The Morgan fingerprint density at radius 1 is 1.00 bits per heavy atom. The molecule has 4 rings (SSSR count). The number of benzene rings is 2. The van der Waals surface area contributed by atoms with Gasteiger partial charge in [-0.25, -0.2) is 0 Å². The molecule has 0 amide bonds. The van der Waals surface area contributed by atoms with E-state index in [2.05, 4.69) is 10.6 Å².